The summed E-state index contributed by atoms with van der Waals surface area (Å²) in [5.74, 6) is -0.658. The highest BCUT2D eigenvalue weighted by Gasteiger charge is 2.34. The molecule has 0 spiro atoms. The van der Waals surface area contributed by atoms with E-state index in [0.29, 0.717) is 30.4 Å². The van der Waals surface area contributed by atoms with Crippen LogP contribution < -0.4 is 16.0 Å². The number of fused-ring (bicyclic) bond motifs is 1. The summed E-state index contributed by atoms with van der Waals surface area (Å²) in [6.45, 7) is 0. The maximum Gasteiger partial charge on any atom is 0.417 e. The third kappa shape index (κ3) is 5.48. The number of alkyl halides is 3. The maximum atomic E-state index is 13.5. The summed E-state index contributed by atoms with van der Waals surface area (Å²) in [6, 6.07) is 16.9. The van der Waals surface area contributed by atoms with E-state index < -0.39 is 36.0 Å². The molecule has 2 aliphatic rings. The van der Waals surface area contributed by atoms with Gasteiger partial charge in [0, 0.05) is 17.3 Å². The zero-order chi connectivity index (χ0) is 28.6. The summed E-state index contributed by atoms with van der Waals surface area (Å²) >= 11 is 0. The fraction of sp³-hybridized carbons (Fsp3) is 0.250. The molecule has 10 nitrogen and oxygen atoms in total. The van der Waals surface area contributed by atoms with E-state index in [4.69, 9.17) is 4.42 Å². The minimum atomic E-state index is -4.63. The molecule has 1 fully saturated rings. The van der Waals surface area contributed by atoms with Gasteiger partial charge >= 0.3 is 12.2 Å². The standard InChI is InChI=1S/C28H24F3N7O3/c29-28(30,31)16-13-20(33-19-11-6-12-21(19)39)23(32-14-16)26-37-38-27(41-26)36-24-25(40)34-18-10-5-4-9-17(18)22(35-24)15-7-2-1-3-8-15/h1-5,7-10,13-14,19,21,24,33,39H,6,11-12H2,(H,34,40)(H,36,38)/t19?,21?,24-/m1/s1. The number of hydrogen-bond acceptors (Lipinski definition) is 9. The number of rotatable bonds is 6. The Balaban J connectivity index is 1.32. The van der Waals surface area contributed by atoms with Gasteiger partial charge in [-0.1, -0.05) is 53.6 Å². The fourth-order valence-corrected chi connectivity index (χ4v) is 4.88. The van der Waals surface area contributed by atoms with Gasteiger partial charge in [0.25, 0.3) is 11.8 Å². The van der Waals surface area contributed by atoms with Crippen LogP contribution >= 0.6 is 0 Å². The smallest absolute Gasteiger partial charge is 0.402 e. The lowest BCUT2D eigenvalue weighted by Crippen LogP contribution is -2.32. The highest BCUT2D eigenvalue weighted by molar-refractivity contribution is 6.19. The summed E-state index contributed by atoms with van der Waals surface area (Å²) in [4.78, 5) is 21.7. The molecule has 1 amide bonds. The predicted molar refractivity (Wildman–Crippen MR) is 144 cm³/mol. The normalized spacial score (nSPS) is 20.5. The maximum absolute atomic E-state index is 13.5. The summed E-state index contributed by atoms with van der Waals surface area (Å²) in [6.07, 6.45) is -3.99. The molecule has 41 heavy (non-hydrogen) atoms. The number of halogens is 3. The Morgan fingerprint density at radius 1 is 1.00 bits per heavy atom. The minimum Gasteiger partial charge on any atom is -0.402 e. The third-order valence-electron chi connectivity index (χ3n) is 6.92. The van der Waals surface area contributed by atoms with Gasteiger partial charge in [0.15, 0.2) is 5.69 Å². The lowest BCUT2D eigenvalue weighted by molar-refractivity contribution is -0.137. The number of para-hydroxylation sites is 1. The molecule has 1 aliphatic carbocycles. The molecule has 2 unspecified atom stereocenters. The number of aliphatic hydroxyl groups is 1. The first-order chi connectivity index (χ1) is 19.8. The predicted octanol–water partition coefficient (Wildman–Crippen LogP) is 4.70. The van der Waals surface area contributed by atoms with Crippen molar-refractivity contribution in [3.8, 4) is 11.6 Å². The van der Waals surface area contributed by atoms with Crippen LogP contribution in [-0.2, 0) is 11.0 Å². The number of carbonyl (C=O) groups is 1. The fourth-order valence-electron chi connectivity index (χ4n) is 4.88. The Kier molecular flexibility index (Phi) is 6.87. The van der Waals surface area contributed by atoms with Crippen LogP contribution in [-0.4, -0.2) is 50.2 Å². The van der Waals surface area contributed by atoms with E-state index in [1.807, 2.05) is 42.5 Å². The molecule has 0 bridgehead atoms. The average molecular weight is 564 g/mol. The van der Waals surface area contributed by atoms with Crippen LogP contribution in [0.15, 0.2) is 76.3 Å². The first-order valence-corrected chi connectivity index (χ1v) is 12.9. The van der Waals surface area contributed by atoms with Crippen LogP contribution in [0.25, 0.3) is 11.6 Å². The van der Waals surface area contributed by atoms with Crippen LogP contribution in [0.5, 0.6) is 0 Å². The van der Waals surface area contributed by atoms with Gasteiger partial charge in [-0.05, 0) is 31.4 Å². The van der Waals surface area contributed by atoms with Crippen LogP contribution in [0.4, 0.5) is 30.6 Å². The molecule has 0 radical (unpaired) electrons. The zero-order valence-corrected chi connectivity index (χ0v) is 21.4. The van der Waals surface area contributed by atoms with Gasteiger partial charge in [0.1, 0.15) is 0 Å². The van der Waals surface area contributed by atoms with E-state index in [0.717, 1.165) is 23.6 Å². The van der Waals surface area contributed by atoms with Crippen molar-refractivity contribution in [2.75, 3.05) is 16.0 Å². The van der Waals surface area contributed by atoms with E-state index in [1.54, 1.807) is 12.1 Å². The molecule has 13 heteroatoms. The lowest BCUT2D eigenvalue weighted by Gasteiger charge is -2.20. The topological polar surface area (TPSA) is 138 Å². The summed E-state index contributed by atoms with van der Waals surface area (Å²) in [5, 5.41) is 26.8. The van der Waals surface area contributed by atoms with Crippen molar-refractivity contribution in [3.63, 3.8) is 0 Å². The SMILES string of the molecule is O=C1Nc2ccccc2C(c2ccccc2)=N[C@@H]1Nc1nnc(-c2ncc(C(F)(F)F)cc2NC2CCCC2O)o1. The highest BCUT2D eigenvalue weighted by atomic mass is 19.4. The molecule has 6 rings (SSSR count). The first-order valence-electron chi connectivity index (χ1n) is 12.9. The lowest BCUT2D eigenvalue weighted by atomic mass is 10.0. The number of hydrogen-bond donors (Lipinski definition) is 4. The van der Waals surface area contributed by atoms with Gasteiger partial charge in [0.2, 0.25) is 6.17 Å². The molecule has 1 saturated carbocycles. The number of nitrogens with zero attached hydrogens (tertiary/aromatic N) is 4. The Morgan fingerprint density at radius 2 is 1.78 bits per heavy atom. The van der Waals surface area contributed by atoms with E-state index in [2.05, 4.69) is 36.1 Å². The Bertz CT molecular complexity index is 1610. The monoisotopic (exact) mass is 563 g/mol. The number of carbonyl (C=O) groups excluding carboxylic acids is 1. The van der Waals surface area contributed by atoms with Crippen molar-refractivity contribution in [1.82, 2.24) is 15.2 Å². The van der Waals surface area contributed by atoms with Gasteiger partial charge in [-0.25, -0.2) is 9.98 Å². The van der Waals surface area contributed by atoms with E-state index in [9.17, 15) is 23.1 Å². The molecule has 3 heterocycles. The second kappa shape index (κ2) is 10.7. The molecule has 3 atom stereocenters. The van der Waals surface area contributed by atoms with Gasteiger partial charge in [-0.3, -0.25) is 4.79 Å². The van der Waals surface area contributed by atoms with Crippen molar-refractivity contribution >= 4 is 29.0 Å². The van der Waals surface area contributed by atoms with Crippen LogP contribution in [0.1, 0.15) is 36.0 Å². The number of benzene rings is 2. The second-order valence-corrected chi connectivity index (χ2v) is 9.70. The largest absolute Gasteiger partial charge is 0.417 e. The molecule has 4 N–H and O–H groups in total. The van der Waals surface area contributed by atoms with Crippen molar-refractivity contribution in [2.24, 2.45) is 4.99 Å². The van der Waals surface area contributed by atoms with Crippen LogP contribution in [0, 0.1) is 0 Å². The van der Waals surface area contributed by atoms with Crippen molar-refractivity contribution in [1.29, 1.82) is 0 Å². The van der Waals surface area contributed by atoms with E-state index >= 15 is 0 Å². The highest BCUT2D eigenvalue weighted by Crippen LogP contribution is 2.36. The Labute approximate surface area is 231 Å². The molecule has 4 aromatic rings. The van der Waals surface area contributed by atoms with E-state index in [1.165, 1.54) is 0 Å². The van der Waals surface area contributed by atoms with Crippen molar-refractivity contribution in [2.45, 2.75) is 43.8 Å². The molecule has 2 aromatic heterocycles. The van der Waals surface area contributed by atoms with Crippen molar-refractivity contribution < 1.29 is 27.5 Å². The number of nitrogens with one attached hydrogen (secondary N) is 3. The number of amides is 1. The van der Waals surface area contributed by atoms with Gasteiger partial charge in [0.05, 0.1) is 34.8 Å². The molecular formula is C28H24F3N7O3. The summed E-state index contributed by atoms with van der Waals surface area (Å²) < 4.78 is 46.1. The number of anilines is 3. The zero-order valence-electron chi connectivity index (χ0n) is 21.4. The van der Waals surface area contributed by atoms with E-state index in [-0.39, 0.29) is 23.3 Å². The number of pyridine rings is 1. The number of aliphatic hydroxyl groups excluding tert-OH is 1. The number of benzodiazepines with no additional fused rings is 1. The molecular weight excluding hydrogens is 539 g/mol. The molecule has 2 aromatic carbocycles. The Morgan fingerprint density at radius 3 is 2.54 bits per heavy atom. The Hall–Kier alpha value is -4.78. The third-order valence-corrected chi connectivity index (χ3v) is 6.92. The first kappa shape index (κ1) is 26.4. The van der Waals surface area contributed by atoms with Crippen LogP contribution in [0.2, 0.25) is 0 Å². The molecule has 210 valence electrons. The van der Waals surface area contributed by atoms with Gasteiger partial charge in [-0.2, -0.15) is 13.2 Å². The number of aliphatic imine (C=N–C) groups is 1. The minimum absolute atomic E-state index is 0.00646. The summed E-state index contributed by atoms with van der Waals surface area (Å²) in [5.41, 5.74) is 1.65. The summed E-state index contributed by atoms with van der Waals surface area (Å²) in [7, 11) is 0. The van der Waals surface area contributed by atoms with Crippen molar-refractivity contribution in [3.05, 3.63) is 83.6 Å². The average Bonchev–Trinajstić information content (AvgIpc) is 3.56. The molecule has 0 saturated heterocycles. The number of aromatic nitrogens is 3. The van der Waals surface area contributed by atoms with Gasteiger partial charge in [-0.15, -0.1) is 5.10 Å². The van der Waals surface area contributed by atoms with Gasteiger partial charge < -0.3 is 25.5 Å². The van der Waals surface area contributed by atoms with Crippen LogP contribution in [0.3, 0.4) is 0 Å². The molecule has 1 aliphatic heterocycles. The second-order valence-electron chi connectivity index (χ2n) is 9.70. The quantitative estimate of drug-likeness (QED) is 0.265.